The van der Waals surface area contributed by atoms with Gasteiger partial charge < -0.3 is 14.9 Å². The number of carbonyl (C=O) groups is 2. The third kappa shape index (κ3) is 4.53. The van der Waals surface area contributed by atoms with Gasteiger partial charge in [0.05, 0.1) is 0 Å². The molecule has 1 aliphatic rings. The second kappa shape index (κ2) is 5.79. The van der Waals surface area contributed by atoms with Crippen LogP contribution in [0.3, 0.4) is 0 Å². The van der Waals surface area contributed by atoms with Gasteiger partial charge in [-0.2, -0.15) is 8.42 Å². The van der Waals surface area contributed by atoms with Gasteiger partial charge in [-0.3, -0.25) is 9.36 Å². The summed E-state index contributed by atoms with van der Waals surface area (Å²) >= 11 is 0. The van der Waals surface area contributed by atoms with Crippen LogP contribution in [0.1, 0.15) is 12.8 Å². The van der Waals surface area contributed by atoms with E-state index in [1.165, 1.54) is 0 Å². The van der Waals surface area contributed by atoms with Crippen molar-refractivity contribution < 1.29 is 36.5 Å². The number of carboxylic acids is 1. The number of hydrogen-bond donors (Lipinski definition) is 2. The van der Waals surface area contributed by atoms with E-state index in [4.69, 9.17) is 10.00 Å². The summed E-state index contributed by atoms with van der Waals surface area (Å²) in [6, 6.07) is -1.44. The molecular weight excluding hydrogens is 316 g/mol. The predicted molar refractivity (Wildman–Crippen MR) is 66.8 cm³/mol. The number of amides is 1. The van der Waals surface area contributed by atoms with E-state index in [0.29, 0.717) is 0 Å². The lowest BCUT2D eigenvalue weighted by molar-refractivity contribution is -0.148. The van der Waals surface area contributed by atoms with Crippen molar-refractivity contribution in [3.8, 4) is 0 Å². The molecule has 8 nitrogen and oxygen atoms in total. The highest BCUT2D eigenvalue weighted by atomic mass is 32.3. The lowest BCUT2D eigenvalue weighted by Gasteiger charge is -2.24. The van der Waals surface area contributed by atoms with Gasteiger partial charge in [-0.25, -0.2) is 4.79 Å². The molecule has 20 heavy (non-hydrogen) atoms. The van der Waals surface area contributed by atoms with E-state index in [1.807, 2.05) is 0 Å². The Morgan fingerprint density at radius 2 is 2.15 bits per heavy atom. The van der Waals surface area contributed by atoms with Crippen LogP contribution in [0.25, 0.3) is 0 Å². The summed E-state index contributed by atoms with van der Waals surface area (Å²) in [4.78, 5) is 32.6. The third-order valence-corrected chi connectivity index (χ3v) is 5.20. The second-order valence-corrected chi connectivity index (χ2v) is 8.93. The summed E-state index contributed by atoms with van der Waals surface area (Å²) < 4.78 is 45.5. The number of halogens is 1. The maximum absolute atomic E-state index is 12.8. The maximum Gasteiger partial charge on any atom is 0.326 e. The lowest BCUT2D eigenvalue weighted by Crippen LogP contribution is -2.43. The summed E-state index contributed by atoms with van der Waals surface area (Å²) in [5, 5.41) is 7.45. The normalized spacial score (nSPS) is 24.4. The van der Waals surface area contributed by atoms with Crippen molar-refractivity contribution in [2.75, 3.05) is 19.4 Å². The minimum absolute atomic E-state index is 0.301. The van der Waals surface area contributed by atoms with Gasteiger partial charge in [-0.15, -0.1) is 3.89 Å². The van der Waals surface area contributed by atoms with Crippen molar-refractivity contribution >= 4 is 29.5 Å². The summed E-state index contributed by atoms with van der Waals surface area (Å²) in [5.41, 5.74) is 0. The molecule has 0 bridgehead atoms. The maximum atomic E-state index is 12.8. The van der Waals surface area contributed by atoms with Gasteiger partial charge in [-0.05, 0) is 6.42 Å². The first-order valence-corrected chi connectivity index (χ1v) is 9.40. The zero-order chi connectivity index (χ0) is 15.7. The van der Waals surface area contributed by atoms with Crippen LogP contribution < -0.4 is 0 Å². The van der Waals surface area contributed by atoms with Crippen molar-refractivity contribution in [3.05, 3.63) is 0 Å². The molecule has 11 heteroatoms. The fourth-order valence-corrected chi connectivity index (χ4v) is 3.37. The van der Waals surface area contributed by atoms with Crippen molar-refractivity contribution in [2.24, 2.45) is 0 Å². The first-order valence-electron chi connectivity index (χ1n) is 5.67. The van der Waals surface area contributed by atoms with Crippen LogP contribution in [0.2, 0.25) is 0 Å². The molecule has 0 aliphatic carbocycles. The standard InChI is InChI=1S/C9H15FNO7PS/c1-19(15,16)3-2-7(9(13)14)11-5-6(4-8(11)12)20(10,17)18/h6-7H,2-5H2,1H3,(H,13,14)(H,15,16). The van der Waals surface area contributed by atoms with Crippen LogP contribution >= 0.6 is 7.37 Å². The Balaban J connectivity index is 2.86. The quantitative estimate of drug-likeness (QED) is 0.502. The highest BCUT2D eigenvalue weighted by Crippen LogP contribution is 2.37. The van der Waals surface area contributed by atoms with Gasteiger partial charge in [0.2, 0.25) is 5.91 Å². The molecule has 2 N–H and O–H groups in total. The number of carboxylic acid groups (broad SMARTS) is 1. The van der Waals surface area contributed by atoms with E-state index in [-0.39, 0.29) is 12.6 Å². The average Bonchev–Trinajstić information content (AvgIpc) is 2.58. The molecule has 1 fully saturated rings. The topological polar surface area (TPSA) is 129 Å². The van der Waals surface area contributed by atoms with E-state index in [2.05, 4.69) is 0 Å². The van der Waals surface area contributed by atoms with Crippen LogP contribution in [-0.2, 0) is 24.4 Å². The fraction of sp³-hybridized carbons (Fsp3) is 0.778. The van der Waals surface area contributed by atoms with Gasteiger partial charge in [0.15, 0.2) is 7.37 Å². The fourth-order valence-electron chi connectivity index (χ4n) is 1.96. The summed E-state index contributed by atoms with van der Waals surface area (Å²) in [5.74, 6) is -2.23. The van der Waals surface area contributed by atoms with Crippen molar-refractivity contribution in [1.82, 2.24) is 4.90 Å². The molecule has 1 saturated heterocycles. The van der Waals surface area contributed by atoms with Crippen molar-refractivity contribution in [2.45, 2.75) is 24.1 Å². The Bertz CT molecular complexity index is 557. The number of nitrogens with zero attached hydrogens (tertiary/aromatic N) is 1. The SMILES string of the molecule is CP(=O)(O)CCC(C(=O)O)N1CC(S(=O)(=O)F)CC1=O. The van der Waals surface area contributed by atoms with Gasteiger partial charge >= 0.3 is 16.2 Å². The molecule has 3 unspecified atom stereocenters. The molecule has 0 aromatic heterocycles. The van der Waals surface area contributed by atoms with Gasteiger partial charge in [0.25, 0.3) is 0 Å². The van der Waals surface area contributed by atoms with Gasteiger partial charge in [0, 0.05) is 25.8 Å². The highest BCUT2D eigenvalue weighted by molar-refractivity contribution is 7.87. The monoisotopic (exact) mass is 331 g/mol. The van der Waals surface area contributed by atoms with Crippen molar-refractivity contribution in [3.63, 3.8) is 0 Å². The minimum atomic E-state index is -4.93. The number of hydrogen-bond acceptors (Lipinski definition) is 5. The average molecular weight is 331 g/mol. The molecule has 0 radical (unpaired) electrons. The van der Waals surface area contributed by atoms with Crippen LogP contribution in [0.5, 0.6) is 0 Å². The Labute approximate surface area is 115 Å². The Hall–Kier alpha value is -0.990. The molecule has 1 rings (SSSR count). The van der Waals surface area contributed by atoms with Crippen LogP contribution in [-0.4, -0.2) is 65.9 Å². The number of carbonyl (C=O) groups excluding carboxylic acids is 1. The number of likely N-dealkylation sites (tertiary alicyclic amines) is 1. The summed E-state index contributed by atoms with van der Waals surface area (Å²) in [7, 11) is -8.39. The molecule has 116 valence electrons. The Kier molecular flexibility index (Phi) is 4.94. The van der Waals surface area contributed by atoms with E-state index >= 15 is 0 Å². The lowest BCUT2D eigenvalue weighted by atomic mass is 10.2. The summed E-state index contributed by atoms with van der Waals surface area (Å²) in [6.45, 7) is 0.487. The van der Waals surface area contributed by atoms with Crippen LogP contribution in [0.15, 0.2) is 0 Å². The molecule has 3 atom stereocenters. The van der Waals surface area contributed by atoms with Crippen LogP contribution in [0.4, 0.5) is 3.89 Å². The first-order chi connectivity index (χ1) is 8.92. The second-order valence-electron chi connectivity index (χ2n) is 4.77. The van der Waals surface area contributed by atoms with Crippen molar-refractivity contribution in [1.29, 1.82) is 0 Å². The molecule has 1 heterocycles. The largest absolute Gasteiger partial charge is 0.480 e. The van der Waals surface area contributed by atoms with E-state index < -0.39 is 53.7 Å². The first kappa shape index (κ1) is 17.1. The predicted octanol–water partition coefficient (Wildman–Crippen LogP) is -0.370. The molecule has 0 spiro atoms. The zero-order valence-electron chi connectivity index (χ0n) is 10.6. The highest BCUT2D eigenvalue weighted by Gasteiger charge is 2.43. The molecule has 0 aromatic rings. The van der Waals surface area contributed by atoms with E-state index in [0.717, 1.165) is 11.6 Å². The van der Waals surface area contributed by atoms with Gasteiger partial charge in [0.1, 0.15) is 11.3 Å². The molecule has 0 saturated carbocycles. The van der Waals surface area contributed by atoms with Gasteiger partial charge in [-0.1, -0.05) is 0 Å². The number of rotatable bonds is 6. The zero-order valence-corrected chi connectivity index (χ0v) is 12.3. The molecule has 1 amide bonds. The summed E-state index contributed by atoms with van der Waals surface area (Å²) in [6.07, 6.45) is -1.25. The smallest absolute Gasteiger partial charge is 0.326 e. The number of aliphatic carboxylic acids is 1. The molecule has 1 aliphatic heterocycles. The van der Waals surface area contributed by atoms with Crippen LogP contribution in [0, 0.1) is 0 Å². The minimum Gasteiger partial charge on any atom is -0.480 e. The van der Waals surface area contributed by atoms with E-state index in [1.54, 1.807) is 0 Å². The van der Waals surface area contributed by atoms with E-state index in [9.17, 15) is 26.5 Å². The Morgan fingerprint density at radius 1 is 1.60 bits per heavy atom. The Morgan fingerprint density at radius 3 is 2.50 bits per heavy atom. The molecule has 0 aromatic carbocycles. The molecular formula is C9H15FNO7PS. The third-order valence-electron chi connectivity index (χ3n) is 3.00.